The first-order valence-electron chi connectivity index (χ1n) is 10.5. The van der Waals surface area contributed by atoms with Crippen molar-refractivity contribution in [1.82, 2.24) is 9.97 Å². The maximum absolute atomic E-state index is 9.39. The van der Waals surface area contributed by atoms with Crippen molar-refractivity contribution in [2.75, 3.05) is 32.2 Å². The number of hydrogen-bond acceptors (Lipinski definition) is 6. The highest BCUT2D eigenvalue weighted by Crippen LogP contribution is 2.45. The van der Waals surface area contributed by atoms with Crippen molar-refractivity contribution in [2.24, 2.45) is 5.92 Å². The molecule has 1 unspecified atom stereocenters. The normalized spacial score (nSPS) is 15.8. The minimum absolute atomic E-state index is 0.0241. The molecule has 3 heterocycles. The molecule has 0 radical (unpaired) electrons. The van der Waals surface area contributed by atoms with Crippen LogP contribution in [0.3, 0.4) is 0 Å². The third-order valence-electron chi connectivity index (χ3n) is 5.82. The van der Waals surface area contributed by atoms with Crippen LogP contribution in [0.25, 0.3) is 22.0 Å². The summed E-state index contributed by atoms with van der Waals surface area (Å²) in [6.45, 7) is 3.48. The number of nitrogens with zero attached hydrogens (tertiary/aromatic N) is 4. The number of anilines is 1. The predicted molar refractivity (Wildman–Crippen MR) is 128 cm³/mol. The van der Waals surface area contributed by atoms with Crippen molar-refractivity contribution in [3.8, 4) is 28.8 Å². The highest BCUT2D eigenvalue weighted by molar-refractivity contribution is 6.35. The molecule has 2 aromatic heterocycles. The quantitative estimate of drug-likeness (QED) is 0.416. The number of ether oxygens (including phenoxy) is 2. The molecule has 1 fully saturated rings. The van der Waals surface area contributed by atoms with Gasteiger partial charge in [0.25, 0.3) is 0 Å². The molecule has 1 aromatic carbocycles. The number of rotatable bonds is 6. The number of halogens is 2. The Balaban J connectivity index is 2.00. The standard InChI is InChI=1S/C24H24Cl2N4O2/c1-4-5-16-19(31-2)10-20(32-3)23(26)22(16)18-8-15-12-28-21(25)9-17(15)24(29-18)30-7-6-14(11-27)13-30/h8-10,12,14H,4-7,13H2,1-3H3. The Hall–Kier alpha value is -2.75. The number of benzene rings is 1. The second-order valence-corrected chi connectivity index (χ2v) is 8.58. The molecular weight excluding hydrogens is 447 g/mol. The SMILES string of the molecule is CCCc1c(OC)cc(OC)c(Cl)c1-c1cc2cnc(Cl)cc2c(N2CCC(C#N)C2)n1. The number of fused-ring (bicyclic) bond motifs is 1. The van der Waals surface area contributed by atoms with Crippen molar-refractivity contribution >= 4 is 39.8 Å². The molecule has 0 bridgehead atoms. The molecule has 0 amide bonds. The molecule has 32 heavy (non-hydrogen) atoms. The molecule has 8 heteroatoms. The topological polar surface area (TPSA) is 71.3 Å². The van der Waals surface area contributed by atoms with Crippen LogP contribution in [0.1, 0.15) is 25.3 Å². The van der Waals surface area contributed by atoms with Crippen LogP contribution < -0.4 is 14.4 Å². The zero-order valence-corrected chi connectivity index (χ0v) is 19.8. The zero-order chi connectivity index (χ0) is 22.8. The predicted octanol–water partition coefficient (Wildman–Crippen LogP) is 5.92. The fourth-order valence-electron chi connectivity index (χ4n) is 4.27. The molecule has 0 saturated carbocycles. The molecule has 6 nitrogen and oxygen atoms in total. The molecule has 0 N–H and O–H groups in total. The Morgan fingerprint density at radius 3 is 2.62 bits per heavy atom. The van der Waals surface area contributed by atoms with Crippen molar-refractivity contribution < 1.29 is 9.47 Å². The highest BCUT2D eigenvalue weighted by atomic mass is 35.5. The smallest absolute Gasteiger partial charge is 0.141 e. The molecule has 1 aliphatic heterocycles. The lowest BCUT2D eigenvalue weighted by Crippen LogP contribution is -2.21. The minimum Gasteiger partial charge on any atom is -0.496 e. The molecule has 4 rings (SSSR count). The van der Waals surface area contributed by atoms with Gasteiger partial charge in [-0.25, -0.2) is 9.97 Å². The van der Waals surface area contributed by atoms with Crippen LogP contribution in [0.5, 0.6) is 11.5 Å². The second kappa shape index (κ2) is 9.40. The third-order valence-corrected chi connectivity index (χ3v) is 6.41. The van der Waals surface area contributed by atoms with Crippen LogP contribution in [-0.4, -0.2) is 37.3 Å². The number of pyridine rings is 2. The van der Waals surface area contributed by atoms with E-state index in [1.165, 1.54) is 0 Å². The first kappa shape index (κ1) is 22.4. The van der Waals surface area contributed by atoms with E-state index in [-0.39, 0.29) is 5.92 Å². The zero-order valence-electron chi connectivity index (χ0n) is 18.3. The summed E-state index contributed by atoms with van der Waals surface area (Å²) in [7, 11) is 3.23. The van der Waals surface area contributed by atoms with Crippen LogP contribution in [-0.2, 0) is 6.42 Å². The van der Waals surface area contributed by atoms with Gasteiger partial charge in [-0.1, -0.05) is 36.5 Å². The highest BCUT2D eigenvalue weighted by Gasteiger charge is 2.27. The average Bonchev–Trinajstić information content (AvgIpc) is 3.28. The van der Waals surface area contributed by atoms with Gasteiger partial charge in [-0.2, -0.15) is 5.26 Å². The summed E-state index contributed by atoms with van der Waals surface area (Å²) in [6.07, 6.45) is 4.24. The van der Waals surface area contributed by atoms with Crippen LogP contribution in [0.2, 0.25) is 10.2 Å². The van der Waals surface area contributed by atoms with Gasteiger partial charge in [-0.15, -0.1) is 0 Å². The van der Waals surface area contributed by atoms with Crippen LogP contribution in [0, 0.1) is 17.2 Å². The number of hydrogen-bond donors (Lipinski definition) is 0. The maximum atomic E-state index is 9.39. The summed E-state index contributed by atoms with van der Waals surface area (Å²) >= 11 is 13.1. The van der Waals surface area contributed by atoms with Crippen LogP contribution in [0.15, 0.2) is 24.4 Å². The summed E-state index contributed by atoms with van der Waals surface area (Å²) in [5.74, 6) is 2.00. The first-order valence-corrected chi connectivity index (χ1v) is 11.3. The number of methoxy groups -OCH3 is 2. The van der Waals surface area contributed by atoms with Gasteiger partial charge in [0.15, 0.2) is 0 Å². The minimum atomic E-state index is -0.0241. The Labute approximate surface area is 197 Å². The van der Waals surface area contributed by atoms with E-state index in [9.17, 15) is 5.26 Å². The van der Waals surface area contributed by atoms with Gasteiger partial charge in [-0.3, -0.25) is 0 Å². The molecule has 1 aliphatic rings. The largest absolute Gasteiger partial charge is 0.496 e. The fourth-order valence-corrected chi connectivity index (χ4v) is 4.77. The summed E-state index contributed by atoms with van der Waals surface area (Å²) in [5.41, 5.74) is 2.48. The average molecular weight is 471 g/mol. The lowest BCUT2D eigenvalue weighted by molar-refractivity contribution is 0.391. The summed E-state index contributed by atoms with van der Waals surface area (Å²) in [6, 6.07) is 7.98. The lowest BCUT2D eigenvalue weighted by atomic mass is 9.97. The monoisotopic (exact) mass is 470 g/mol. The van der Waals surface area contributed by atoms with Gasteiger partial charge in [0, 0.05) is 47.3 Å². The van der Waals surface area contributed by atoms with E-state index in [1.807, 2.05) is 18.2 Å². The van der Waals surface area contributed by atoms with Crippen LogP contribution >= 0.6 is 23.2 Å². The van der Waals surface area contributed by atoms with Crippen LogP contribution in [0.4, 0.5) is 5.82 Å². The van der Waals surface area contributed by atoms with Gasteiger partial charge in [0.2, 0.25) is 0 Å². The van der Waals surface area contributed by atoms with E-state index in [4.69, 9.17) is 37.7 Å². The van der Waals surface area contributed by atoms with E-state index in [1.54, 1.807) is 20.4 Å². The van der Waals surface area contributed by atoms with Gasteiger partial charge in [0.05, 0.1) is 36.9 Å². The van der Waals surface area contributed by atoms with Gasteiger partial charge in [0.1, 0.15) is 22.5 Å². The van der Waals surface area contributed by atoms with E-state index < -0.39 is 0 Å². The molecule has 1 saturated heterocycles. The second-order valence-electron chi connectivity index (χ2n) is 7.82. The Morgan fingerprint density at radius 1 is 1.19 bits per heavy atom. The third kappa shape index (κ3) is 4.03. The Morgan fingerprint density at radius 2 is 1.97 bits per heavy atom. The summed E-state index contributed by atoms with van der Waals surface area (Å²) in [5, 5.41) is 12.1. The van der Waals surface area contributed by atoms with Crippen molar-refractivity contribution in [1.29, 1.82) is 5.26 Å². The van der Waals surface area contributed by atoms with E-state index >= 15 is 0 Å². The van der Waals surface area contributed by atoms with E-state index in [0.717, 1.165) is 53.5 Å². The van der Waals surface area contributed by atoms with E-state index in [0.29, 0.717) is 33.9 Å². The van der Waals surface area contributed by atoms with Gasteiger partial charge in [-0.05, 0) is 25.0 Å². The Kier molecular flexibility index (Phi) is 6.59. The van der Waals surface area contributed by atoms with Crippen molar-refractivity contribution in [2.45, 2.75) is 26.2 Å². The maximum Gasteiger partial charge on any atom is 0.141 e. The number of nitriles is 1. The van der Waals surface area contributed by atoms with E-state index in [2.05, 4.69) is 22.9 Å². The molecule has 3 aromatic rings. The molecule has 1 atom stereocenters. The first-order chi connectivity index (χ1) is 15.5. The van der Waals surface area contributed by atoms with Gasteiger partial charge >= 0.3 is 0 Å². The molecule has 0 aliphatic carbocycles. The van der Waals surface area contributed by atoms with Crippen molar-refractivity contribution in [3.05, 3.63) is 40.1 Å². The summed E-state index contributed by atoms with van der Waals surface area (Å²) < 4.78 is 11.2. The molecule has 0 spiro atoms. The lowest BCUT2D eigenvalue weighted by Gasteiger charge is -2.22. The number of aromatic nitrogens is 2. The molecular formula is C24H24Cl2N4O2. The van der Waals surface area contributed by atoms with Crippen molar-refractivity contribution in [3.63, 3.8) is 0 Å². The Bertz CT molecular complexity index is 1210. The van der Waals surface area contributed by atoms with Gasteiger partial charge < -0.3 is 14.4 Å². The molecule has 166 valence electrons. The summed E-state index contributed by atoms with van der Waals surface area (Å²) in [4.78, 5) is 11.5. The fraction of sp³-hybridized carbons (Fsp3) is 0.375.